The van der Waals surface area contributed by atoms with Crippen LogP contribution in [-0.2, 0) is 0 Å². The van der Waals surface area contributed by atoms with E-state index in [2.05, 4.69) is 35.2 Å². The second-order valence-electron chi connectivity index (χ2n) is 2.73. The molecule has 3 heteroatoms. The first-order valence-corrected chi connectivity index (χ1v) is 6.13. The molecule has 1 heterocycles. The van der Waals surface area contributed by atoms with Gasteiger partial charge in [-0.1, -0.05) is 18.7 Å². The van der Waals surface area contributed by atoms with Gasteiger partial charge in [0.15, 0.2) is 0 Å². The maximum absolute atomic E-state index is 5.83. The fourth-order valence-electron chi connectivity index (χ4n) is 1.04. The number of hydrogen-bond donors (Lipinski definition) is 1. The van der Waals surface area contributed by atoms with Crippen LogP contribution in [-0.4, -0.2) is 0 Å². The summed E-state index contributed by atoms with van der Waals surface area (Å²) in [6.45, 7) is 5.82. The SMILES string of the molecule is C=C(I)/C=C\C(=C/C)c1sccc1N. The number of anilines is 1. The van der Waals surface area contributed by atoms with Gasteiger partial charge in [0, 0.05) is 3.58 Å². The molecule has 14 heavy (non-hydrogen) atoms. The molecule has 0 bridgehead atoms. The molecule has 0 aliphatic carbocycles. The molecule has 1 rings (SSSR count). The summed E-state index contributed by atoms with van der Waals surface area (Å²) < 4.78 is 1.01. The molecule has 0 saturated heterocycles. The predicted molar refractivity (Wildman–Crippen MR) is 74.7 cm³/mol. The summed E-state index contributed by atoms with van der Waals surface area (Å²) >= 11 is 3.84. The van der Waals surface area contributed by atoms with Gasteiger partial charge in [-0.3, -0.25) is 0 Å². The number of thiophene rings is 1. The monoisotopic (exact) mass is 317 g/mol. The molecule has 0 fully saturated rings. The van der Waals surface area contributed by atoms with Crippen molar-refractivity contribution in [1.82, 2.24) is 0 Å². The van der Waals surface area contributed by atoms with E-state index in [4.69, 9.17) is 5.73 Å². The zero-order valence-electron chi connectivity index (χ0n) is 7.96. The third-order valence-electron chi connectivity index (χ3n) is 1.71. The Morgan fingerprint density at radius 1 is 1.57 bits per heavy atom. The first-order valence-electron chi connectivity index (χ1n) is 4.17. The molecule has 74 valence electrons. The van der Waals surface area contributed by atoms with Crippen LogP contribution in [0, 0.1) is 0 Å². The third kappa shape index (κ3) is 2.99. The second kappa shape index (κ2) is 5.36. The minimum atomic E-state index is 0.840. The van der Waals surface area contributed by atoms with E-state index in [0.717, 1.165) is 19.7 Å². The van der Waals surface area contributed by atoms with E-state index in [1.807, 2.05) is 30.5 Å². The molecule has 0 saturated carbocycles. The Bertz CT molecular complexity index is 388. The number of nitrogens with two attached hydrogens (primary N) is 1. The maximum Gasteiger partial charge on any atom is 0.0568 e. The van der Waals surface area contributed by atoms with Crippen molar-refractivity contribution in [3.05, 3.63) is 44.7 Å². The Hall–Kier alpha value is -0.550. The topological polar surface area (TPSA) is 26.0 Å². The lowest BCUT2D eigenvalue weighted by Crippen LogP contribution is -1.85. The van der Waals surface area contributed by atoms with Gasteiger partial charge in [-0.25, -0.2) is 0 Å². The first kappa shape index (κ1) is 11.5. The number of hydrogen-bond acceptors (Lipinski definition) is 2. The molecule has 0 aromatic carbocycles. The molecule has 0 aliphatic heterocycles. The van der Waals surface area contributed by atoms with Gasteiger partial charge in [0.25, 0.3) is 0 Å². The average molecular weight is 317 g/mol. The highest BCUT2D eigenvalue weighted by molar-refractivity contribution is 14.1. The summed E-state index contributed by atoms with van der Waals surface area (Å²) in [5.74, 6) is 0. The fourth-order valence-corrected chi connectivity index (χ4v) is 2.09. The Labute approximate surface area is 102 Å². The van der Waals surface area contributed by atoms with Crippen LogP contribution in [0.4, 0.5) is 5.69 Å². The highest BCUT2D eigenvalue weighted by Crippen LogP contribution is 2.28. The second-order valence-corrected chi connectivity index (χ2v) is 5.03. The highest BCUT2D eigenvalue weighted by atomic mass is 127. The molecule has 0 radical (unpaired) electrons. The zero-order valence-corrected chi connectivity index (χ0v) is 10.9. The molecule has 1 nitrogen and oxygen atoms in total. The van der Waals surface area contributed by atoms with Gasteiger partial charge in [-0.05, 0) is 52.6 Å². The van der Waals surface area contributed by atoms with Crippen LogP contribution in [0.2, 0.25) is 0 Å². The van der Waals surface area contributed by atoms with Crippen molar-refractivity contribution in [2.24, 2.45) is 0 Å². The lowest BCUT2D eigenvalue weighted by molar-refractivity contribution is 1.70. The van der Waals surface area contributed by atoms with Crippen molar-refractivity contribution in [3.8, 4) is 0 Å². The van der Waals surface area contributed by atoms with Crippen LogP contribution in [0.25, 0.3) is 5.57 Å². The average Bonchev–Trinajstić information content (AvgIpc) is 2.53. The third-order valence-corrected chi connectivity index (χ3v) is 3.05. The Morgan fingerprint density at radius 3 is 2.71 bits per heavy atom. The van der Waals surface area contributed by atoms with Crippen LogP contribution < -0.4 is 5.73 Å². The van der Waals surface area contributed by atoms with E-state index in [-0.39, 0.29) is 0 Å². The van der Waals surface area contributed by atoms with Gasteiger partial charge in [-0.15, -0.1) is 11.3 Å². The van der Waals surface area contributed by atoms with Gasteiger partial charge >= 0.3 is 0 Å². The standard InChI is InChI=1S/C11H12INS/c1-3-9(5-4-8(2)12)11-10(13)6-7-14-11/h3-7H,2,13H2,1H3/b5-4-,9-3+. The number of halogens is 1. The molecule has 1 aromatic rings. The normalized spacial score (nSPS) is 12.3. The Balaban J connectivity index is 2.95. The van der Waals surface area contributed by atoms with Gasteiger partial charge in [0.05, 0.1) is 10.6 Å². The van der Waals surface area contributed by atoms with Crippen LogP contribution in [0.5, 0.6) is 0 Å². The van der Waals surface area contributed by atoms with Gasteiger partial charge in [-0.2, -0.15) is 0 Å². The molecular weight excluding hydrogens is 305 g/mol. The number of allylic oxidation sites excluding steroid dienone is 5. The Morgan fingerprint density at radius 2 is 2.29 bits per heavy atom. The Kier molecular flexibility index (Phi) is 4.41. The number of rotatable bonds is 3. The van der Waals surface area contributed by atoms with E-state index in [1.165, 1.54) is 0 Å². The smallest absolute Gasteiger partial charge is 0.0568 e. The van der Waals surface area contributed by atoms with Crippen molar-refractivity contribution < 1.29 is 0 Å². The summed E-state index contributed by atoms with van der Waals surface area (Å²) in [7, 11) is 0. The van der Waals surface area contributed by atoms with Gasteiger partial charge in [0.1, 0.15) is 0 Å². The van der Waals surface area contributed by atoms with E-state index in [0.29, 0.717) is 0 Å². The molecule has 0 spiro atoms. The lowest BCUT2D eigenvalue weighted by Gasteiger charge is -1.99. The van der Waals surface area contributed by atoms with Crippen molar-refractivity contribution in [1.29, 1.82) is 0 Å². The fraction of sp³-hybridized carbons (Fsp3) is 0.0909. The zero-order chi connectivity index (χ0) is 10.6. The molecule has 0 unspecified atom stereocenters. The van der Waals surface area contributed by atoms with E-state index < -0.39 is 0 Å². The van der Waals surface area contributed by atoms with E-state index in [1.54, 1.807) is 11.3 Å². The maximum atomic E-state index is 5.83. The molecule has 0 amide bonds. The van der Waals surface area contributed by atoms with Crippen molar-refractivity contribution in [2.75, 3.05) is 5.73 Å². The highest BCUT2D eigenvalue weighted by Gasteiger charge is 2.02. The lowest BCUT2D eigenvalue weighted by atomic mass is 10.2. The summed E-state index contributed by atoms with van der Waals surface area (Å²) in [4.78, 5) is 1.13. The molecule has 0 aliphatic rings. The van der Waals surface area contributed by atoms with E-state index >= 15 is 0 Å². The number of nitrogen functional groups attached to an aromatic ring is 1. The quantitative estimate of drug-likeness (QED) is 0.655. The predicted octanol–water partition coefficient (Wildman–Crippen LogP) is 4.24. The summed E-state index contributed by atoms with van der Waals surface area (Å²) in [5.41, 5.74) is 7.82. The summed E-state index contributed by atoms with van der Waals surface area (Å²) in [6.07, 6.45) is 6.07. The van der Waals surface area contributed by atoms with Crippen LogP contribution in [0.15, 0.2) is 39.8 Å². The van der Waals surface area contributed by atoms with Crippen molar-refractivity contribution in [3.63, 3.8) is 0 Å². The minimum Gasteiger partial charge on any atom is -0.398 e. The van der Waals surface area contributed by atoms with Crippen molar-refractivity contribution >= 4 is 45.2 Å². The minimum absolute atomic E-state index is 0.840. The molecular formula is C11H12INS. The molecule has 0 atom stereocenters. The summed E-state index contributed by atoms with van der Waals surface area (Å²) in [6, 6.07) is 1.93. The van der Waals surface area contributed by atoms with Gasteiger partial charge in [0.2, 0.25) is 0 Å². The molecule has 1 aromatic heterocycles. The van der Waals surface area contributed by atoms with E-state index in [9.17, 15) is 0 Å². The van der Waals surface area contributed by atoms with Crippen LogP contribution in [0.3, 0.4) is 0 Å². The first-order chi connectivity index (χ1) is 6.65. The van der Waals surface area contributed by atoms with Crippen molar-refractivity contribution in [2.45, 2.75) is 6.92 Å². The molecule has 2 N–H and O–H groups in total. The van der Waals surface area contributed by atoms with Crippen LogP contribution >= 0.6 is 33.9 Å². The summed E-state index contributed by atoms with van der Waals surface area (Å²) in [5, 5.41) is 2.00. The van der Waals surface area contributed by atoms with Gasteiger partial charge < -0.3 is 5.73 Å². The largest absolute Gasteiger partial charge is 0.398 e. The van der Waals surface area contributed by atoms with Crippen LogP contribution in [0.1, 0.15) is 11.8 Å².